The molecule has 0 saturated carbocycles. The molecule has 0 amide bonds. The van der Waals surface area contributed by atoms with Crippen LogP contribution in [0.4, 0.5) is 8.78 Å². The van der Waals surface area contributed by atoms with Crippen LogP contribution in [0, 0.1) is 23.5 Å². The molecule has 2 aromatic rings. The summed E-state index contributed by atoms with van der Waals surface area (Å²) in [7, 11) is 0. The molecule has 0 atom stereocenters. The Bertz CT molecular complexity index is 705. The van der Waals surface area contributed by atoms with Crippen LogP contribution in [0.2, 0.25) is 5.02 Å². The van der Waals surface area contributed by atoms with E-state index in [4.69, 9.17) is 27.9 Å². The van der Waals surface area contributed by atoms with Gasteiger partial charge in [0.05, 0.1) is 11.4 Å². The molecule has 0 bridgehead atoms. The van der Waals surface area contributed by atoms with Crippen LogP contribution >= 0.6 is 23.2 Å². The molecule has 0 unspecified atom stereocenters. The summed E-state index contributed by atoms with van der Waals surface area (Å²) in [4.78, 5) is 0. The van der Waals surface area contributed by atoms with Crippen molar-refractivity contribution in [2.45, 2.75) is 6.61 Å². The number of halogens is 4. The van der Waals surface area contributed by atoms with Gasteiger partial charge in [-0.15, -0.1) is 11.6 Å². The van der Waals surface area contributed by atoms with Crippen LogP contribution < -0.4 is 4.74 Å². The Hall–Kier alpha value is -1.76. The molecule has 5 heteroatoms. The minimum atomic E-state index is -0.517. The van der Waals surface area contributed by atoms with Gasteiger partial charge in [-0.05, 0) is 30.3 Å². The Morgan fingerprint density at radius 3 is 2.57 bits per heavy atom. The molecule has 0 spiro atoms. The zero-order valence-electron chi connectivity index (χ0n) is 10.8. The van der Waals surface area contributed by atoms with Gasteiger partial charge < -0.3 is 4.74 Å². The maximum absolute atomic E-state index is 13.7. The predicted molar refractivity (Wildman–Crippen MR) is 79.7 cm³/mol. The van der Waals surface area contributed by atoms with E-state index in [1.807, 2.05) is 0 Å². The van der Waals surface area contributed by atoms with Gasteiger partial charge in [-0.25, -0.2) is 8.78 Å². The van der Waals surface area contributed by atoms with Gasteiger partial charge in [0.1, 0.15) is 24.0 Å². The number of alkyl halides is 1. The van der Waals surface area contributed by atoms with E-state index in [9.17, 15) is 8.78 Å². The number of benzene rings is 2. The zero-order chi connectivity index (χ0) is 15.2. The highest BCUT2D eigenvalue weighted by Crippen LogP contribution is 2.20. The average molecular weight is 327 g/mol. The summed E-state index contributed by atoms with van der Waals surface area (Å²) in [6.45, 7) is -0.0431. The lowest BCUT2D eigenvalue weighted by Crippen LogP contribution is -1.99. The second-order valence-corrected chi connectivity index (χ2v) is 4.81. The van der Waals surface area contributed by atoms with Gasteiger partial charge in [-0.2, -0.15) is 0 Å². The number of rotatable bonds is 3. The van der Waals surface area contributed by atoms with E-state index < -0.39 is 11.6 Å². The SMILES string of the molecule is Fc1cc(OCc2cc(Cl)ccc2F)ccc1C#CCCl. The van der Waals surface area contributed by atoms with Crippen molar-refractivity contribution in [3.63, 3.8) is 0 Å². The molecule has 0 aromatic heterocycles. The van der Waals surface area contributed by atoms with Gasteiger partial charge in [-0.3, -0.25) is 0 Å². The van der Waals surface area contributed by atoms with Crippen LogP contribution in [0.5, 0.6) is 5.75 Å². The molecule has 2 rings (SSSR count). The summed E-state index contributed by atoms with van der Waals surface area (Å²) in [5.41, 5.74) is 0.533. The summed E-state index contributed by atoms with van der Waals surface area (Å²) >= 11 is 11.2. The molecular weight excluding hydrogens is 317 g/mol. The molecule has 0 aliphatic carbocycles. The minimum absolute atomic E-state index is 0.0431. The van der Waals surface area contributed by atoms with Crippen LogP contribution in [-0.2, 0) is 6.61 Å². The van der Waals surface area contributed by atoms with Crippen molar-refractivity contribution >= 4 is 23.2 Å². The van der Waals surface area contributed by atoms with Crippen LogP contribution in [0.25, 0.3) is 0 Å². The molecule has 108 valence electrons. The van der Waals surface area contributed by atoms with Crippen molar-refractivity contribution in [1.29, 1.82) is 0 Å². The molecule has 0 heterocycles. The first-order valence-corrected chi connectivity index (χ1v) is 6.92. The normalized spacial score (nSPS) is 9.90. The van der Waals surface area contributed by atoms with E-state index in [1.165, 1.54) is 30.3 Å². The lowest BCUT2D eigenvalue weighted by Gasteiger charge is -2.08. The lowest BCUT2D eigenvalue weighted by atomic mass is 10.2. The fourth-order valence-corrected chi connectivity index (χ4v) is 1.89. The summed E-state index contributed by atoms with van der Waals surface area (Å²) < 4.78 is 32.6. The monoisotopic (exact) mass is 326 g/mol. The molecule has 1 nitrogen and oxygen atoms in total. The molecule has 0 N–H and O–H groups in total. The molecule has 2 aromatic carbocycles. The average Bonchev–Trinajstić information content (AvgIpc) is 2.47. The van der Waals surface area contributed by atoms with E-state index in [0.717, 1.165) is 0 Å². The second kappa shape index (κ2) is 7.31. The van der Waals surface area contributed by atoms with Crippen molar-refractivity contribution in [2.75, 3.05) is 5.88 Å². The third-order valence-corrected chi connectivity index (χ3v) is 3.00. The first kappa shape index (κ1) is 15.6. The first-order valence-electron chi connectivity index (χ1n) is 6.01. The van der Waals surface area contributed by atoms with Gasteiger partial charge in [0, 0.05) is 16.7 Å². The number of hydrogen-bond acceptors (Lipinski definition) is 1. The molecule has 0 saturated heterocycles. The summed E-state index contributed by atoms with van der Waals surface area (Å²) in [5, 5.41) is 0.410. The van der Waals surface area contributed by atoms with Gasteiger partial charge >= 0.3 is 0 Å². The standard InChI is InChI=1S/C16H10Cl2F2O/c17-7-1-2-11-3-5-14(9-16(11)20)21-10-12-8-13(18)4-6-15(12)19/h3-6,8-9H,7,10H2. The third kappa shape index (κ3) is 4.35. The second-order valence-electron chi connectivity index (χ2n) is 4.10. The maximum atomic E-state index is 13.7. The van der Waals surface area contributed by atoms with Crippen LogP contribution in [0.3, 0.4) is 0 Å². The van der Waals surface area contributed by atoms with Gasteiger partial charge in [-0.1, -0.05) is 23.4 Å². The van der Waals surface area contributed by atoms with Crippen molar-refractivity contribution in [2.24, 2.45) is 0 Å². The van der Waals surface area contributed by atoms with E-state index in [-0.39, 0.29) is 23.8 Å². The molecule has 0 radical (unpaired) electrons. The Morgan fingerprint density at radius 1 is 1.05 bits per heavy atom. The maximum Gasteiger partial charge on any atom is 0.142 e. The van der Waals surface area contributed by atoms with Crippen molar-refractivity contribution in [3.05, 3.63) is 64.2 Å². The Morgan fingerprint density at radius 2 is 1.86 bits per heavy atom. The molecule has 0 aliphatic heterocycles. The van der Waals surface area contributed by atoms with Gasteiger partial charge in [0.25, 0.3) is 0 Å². The Balaban J connectivity index is 2.10. The predicted octanol–water partition coefficient (Wildman–Crippen LogP) is 4.79. The number of ether oxygens (including phenoxy) is 1. The first-order chi connectivity index (χ1) is 10.1. The number of hydrogen-bond donors (Lipinski definition) is 0. The highest BCUT2D eigenvalue weighted by atomic mass is 35.5. The van der Waals surface area contributed by atoms with E-state index in [1.54, 1.807) is 6.07 Å². The largest absolute Gasteiger partial charge is 0.489 e. The fraction of sp³-hybridized carbons (Fsp3) is 0.125. The smallest absolute Gasteiger partial charge is 0.142 e. The third-order valence-electron chi connectivity index (χ3n) is 2.63. The molecular formula is C16H10Cl2F2O. The van der Waals surface area contributed by atoms with Crippen LogP contribution in [-0.4, -0.2) is 5.88 Å². The highest BCUT2D eigenvalue weighted by Gasteiger charge is 2.06. The summed E-state index contributed by atoms with van der Waals surface area (Å²) in [5.74, 6) is 4.63. The molecule has 0 aliphatic rings. The van der Waals surface area contributed by atoms with Crippen LogP contribution in [0.1, 0.15) is 11.1 Å². The molecule has 0 fully saturated rings. The lowest BCUT2D eigenvalue weighted by molar-refractivity contribution is 0.298. The summed E-state index contributed by atoms with van der Waals surface area (Å²) in [6.07, 6.45) is 0. The van der Waals surface area contributed by atoms with E-state index in [2.05, 4.69) is 11.8 Å². The van der Waals surface area contributed by atoms with E-state index >= 15 is 0 Å². The quantitative estimate of drug-likeness (QED) is 0.582. The molecule has 21 heavy (non-hydrogen) atoms. The Kier molecular flexibility index (Phi) is 5.44. The van der Waals surface area contributed by atoms with Gasteiger partial charge in [0.2, 0.25) is 0 Å². The highest BCUT2D eigenvalue weighted by molar-refractivity contribution is 6.30. The van der Waals surface area contributed by atoms with Gasteiger partial charge in [0.15, 0.2) is 0 Å². The van der Waals surface area contributed by atoms with Crippen molar-refractivity contribution in [3.8, 4) is 17.6 Å². The van der Waals surface area contributed by atoms with Crippen molar-refractivity contribution < 1.29 is 13.5 Å². The van der Waals surface area contributed by atoms with Crippen molar-refractivity contribution in [1.82, 2.24) is 0 Å². The van der Waals surface area contributed by atoms with E-state index in [0.29, 0.717) is 10.6 Å². The fourth-order valence-electron chi connectivity index (χ4n) is 1.63. The zero-order valence-corrected chi connectivity index (χ0v) is 12.3. The van der Waals surface area contributed by atoms with Crippen LogP contribution in [0.15, 0.2) is 36.4 Å². The summed E-state index contributed by atoms with van der Waals surface area (Å²) in [6, 6.07) is 8.41. The minimum Gasteiger partial charge on any atom is -0.489 e. The topological polar surface area (TPSA) is 9.23 Å². The Labute approximate surface area is 131 Å².